The fraction of sp³-hybridized carbons (Fsp3) is 0.556. The molecule has 202 valence electrons. The number of carboxylic acid groups (broad SMARTS) is 1. The van der Waals surface area contributed by atoms with E-state index in [0.717, 1.165) is 29.4 Å². The van der Waals surface area contributed by atoms with Gasteiger partial charge in [-0.3, -0.25) is 14.4 Å². The minimum Gasteiger partial charge on any atom is -0.480 e. The van der Waals surface area contributed by atoms with Gasteiger partial charge in [-0.25, -0.2) is 4.79 Å². The van der Waals surface area contributed by atoms with Crippen molar-refractivity contribution in [2.45, 2.75) is 77.5 Å². The Kier molecular flexibility index (Phi) is 9.68. The molecule has 37 heavy (non-hydrogen) atoms. The molecule has 1 aromatic carbocycles. The maximum Gasteiger partial charge on any atom is 0.326 e. The molecule has 4 unspecified atom stereocenters. The number of aromatic amines is 1. The van der Waals surface area contributed by atoms with Gasteiger partial charge in [-0.15, -0.1) is 0 Å². The normalized spacial score (nSPS) is 17.9. The number of carbonyl (C=O) groups excluding carboxylic acids is 3. The summed E-state index contributed by atoms with van der Waals surface area (Å²) < 4.78 is 0. The molecule has 10 nitrogen and oxygen atoms in total. The first-order valence-electron chi connectivity index (χ1n) is 13.0. The molecule has 2 aromatic rings. The fourth-order valence-corrected chi connectivity index (χ4v) is 4.65. The first-order valence-corrected chi connectivity index (χ1v) is 13.0. The van der Waals surface area contributed by atoms with Gasteiger partial charge >= 0.3 is 5.97 Å². The molecule has 1 aliphatic heterocycles. The molecule has 1 saturated heterocycles. The van der Waals surface area contributed by atoms with Crippen molar-refractivity contribution >= 4 is 34.6 Å². The van der Waals surface area contributed by atoms with Crippen LogP contribution < -0.4 is 21.3 Å². The molecule has 4 atom stereocenters. The molecule has 10 heteroatoms. The SMILES string of the molecule is CC(C)CC(NC(=O)C(Cc1c[nH]c2ccccc12)NC(=O)C(NC(=O)C1CCCN1)C(C)C)C(=O)O. The van der Waals surface area contributed by atoms with Crippen LogP contribution in [0.3, 0.4) is 0 Å². The van der Waals surface area contributed by atoms with Gasteiger partial charge in [-0.2, -0.15) is 0 Å². The van der Waals surface area contributed by atoms with Crippen LogP contribution in [0.25, 0.3) is 10.9 Å². The number of H-pyrrole nitrogens is 1. The zero-order valence-corrected chi connectivity index (χ0v) is 22.0. The summed E-state index contributed by atoms with van der Waals surface area (Å²) in [5.41, 5.74) is 1.70. The lowest BCUT2D eigenvalue weighted by atomic mass is 9.99. The molecule has 1 aliphatic rings. The van der Waals surface area contributed by atoms with Gasteiger partial charge in [0.05, 0.1) is 6.04 Å². The molecular formula is C27H39N5O5. The summed E-state index contributed by atoms with van der Waals surface area (Å²) in [6.07, 6.45) is 3.79. The highest BCUT2D eigenvalue weighted by molar-refractivity contribution is 5.95. The molecule has 3 amide bonds. The van der Waals surface area contributed by atoms with Crippen LogP contribution in [-0.4, -0.2) is 64.5 Å². The molecule has 2 heterocycles. The Morgan fingerprint density at radius 1 is 1.00 bits per heavy atom. The van der Waals surface area contributed by atoms with Gasteiger partial charge < -0.3 is 31.4 Å². The lowest BCUT2D eigenvalue weighted by molar-refractivity contribution is -0.142. The molecule has 1 fully saturated rings. The predicted octanol–water partition coefficient (Wildman–Crippen LogP) is 1.70. The molecule has 0 saturated carbocycles. The number of carboxylic acids is 1. The van der Waals surface area contributed by atoms with Crippen LogP contribution in [-0.2, 0) is 25.6 Å². The summed E-state index contributed by atoms with van der Waals surface area (Å²) in [7, 11) is 0. The highest BCUT2D eigenvalue weighted by atomic mass is 16.4. The topological polar surface area (TPSA) is 152 Å². The number of carbonyl (C=O) groups is 4. The van der Waals surface area contributed by atoms with Crippen molar-refractivity contribution < 1.29 is 24.3 Å². The van der Waals surface area contributed by atoms with Crippen molar-refractivity contribution in [3.63, 3.8) is 0 Å². The molecule has 3 rings (SSSR count). The summed E-state index contributed by atoms with van der Waals surface area (Å²) in [5.74, 6) is -2.62. The fourth-order valence-electron chi connectivity index (χ4n) is 4.65. The van der Waals surface area contributed by atoms with Crippen LogP contribution in [0.1, 0.15) is 52.5 Å². The van der Waals surface area contributed by atoms with E-state index in [-0.39, 0.29) is 36.6 Å². The third kappa shape index (κ3) is 7.55. The summed E-state index contributed by atoms with van der Waals surface area (Å²) in [6, 6.07) is 4.31. The molecule has 0 spiro atoms. The van der Waals surface area contributed by atoms with Gasteiger partial charge in [0, 0.05) is 23.5 Å². The quantitative estimate of drug-likeness (QED) is 0.254. The third-order valence-corrected chi connectivity index (χ3v) is 6.68. The Hall–Kier alpha value is -3.40. The van der Waals surface area contributed by atoms with E-state index in [1.54, 1.807) is 6.20 Å². The standard InChI is InChI=1S/C27H39N5O5/c1-15(2)12-22(27(36)37)31-25(34)21(13-17-14-29-19-9-6-5-8-18(17)19)30-26(35)23(16(3)4)32-24(33)20-10-7-11-28-20/h5-6,8-9,14-16,20-23,28-29H,7,10-13H2,1-4H3,(H,30,35)(H,31,34)(H,32,33)(H,36,37). The molecule has 1 aromatic heterocycles. The van der Waals surface area contributed by atoms with Crippen LogP contribution in [0.4, 0.5) is 0 Å². The number of hydrogen-bond donors (Lipinski definition) is 6. The van der Waals surface area contributed by atoms with E-state index >= 15 is 0 Å². The summed E-state index contributed by atoms with van der Waals surface area (Å²) in [4.78, 5) is 54.4. The maximum atomic E-state index is 13.4. The number of aromatic nitrogens is 1. The highest BCUT2D eigenvalue weighted by Gasteiger charge is 2.33. The minimum atomic E-state index is -1.13. The van der Waals surface area contributed by atoms with E-state index in [1.165, 1.54) is 0 Å². The number of nitrogens with one attached hydrogen (secondary N) is 5. The van der Waals surface area contributed by atoms with E-state index in [9.17, 15) is 24.3 Å². The summed E-state index contributed by atoms with van der Waals surface area (Å²) in [5, 5.41) is 21.9. The molecule has 0 radical (unpaired) electrons. The Labute approximate surface area is 217 Å². The van der Waals surface area contributed by atoms with E-state index in [2.05, 4.69) is 26.3 Å². The Bertz CT molecular complexity index is 1110. The smallest absolute Gasteiger partial charge is 0.326 e. The molecule has 6 N–H and O–H groups in total. The van der Waals surface area contributed by atoms with Gasteiger partial charge in [-0.1, -0.05) is 45.9 Å². The molecule has 0 bridgehead atoms. The number of rotatable bonds is 12. The van der Waals surface area contributed by atoms with Gasteiger partial charge in [0.1, 0.15) is 18.1 Å². The predicted molar refractivity (Wildman–Crippen MR) is 141 cm³/mol. The average Bonchev–Trinajstić information content (AvgIpc) is 3.51. The van der Waals surface area contributed by atoms with Crippen LogP contribution in [0, 0.1) is 11.8 Å². The highest BCUT2D eigenvalue weighted by Crippen LogP contribution is 2.20. The molecule has 0 aliphatic carbocycles. The summed E-state index contributed by atoms with van der Waals surface area (Å²) in [6.45, 7) is 8.16. The van der Waals surface area contributed by atoms with Crippen molar-refractivity contribution in [3.8, 4) is 0 Å². The monoisotopic (exact) mass is 513 g/mol. The van der Waals surface area contributed by atoms with Gasteiger partial charge in [0.2, 0.25) is 17.7 Å². The second kappa shape index (κ2) is 12.7. The Balaban J connectivity index is 1.82. The van der Waals surface area contributed by atoms with Crippen LogP contribution in [0.5, 0.6) is 0 Å². The number of fused-ring (bicyclic) bond motifs is 1. The third-order valence-electron chi connectivity index (χ3n) is 6.68. The Morgan fingerprint density at radius 2 is 1.70 bits per heavy atom. The average molecular weight is 514 g/mol. The van der Waals surface area contributed by atoms with Crippen molar-refractivity contribution in [1.82, 2.24) is 26.3 Å². The minimum absolute atomic E-state index is 0.0489. The van der Waals surface area contributed by atoms with Crippen LogP contribution in [0.15, 0.2) is 30.5 Å². The zero-order valence-electron chi connectivity index (χ0n) is 22.0. The van der Waals surface area contributed by atoms with E-state index in [0.29, 0.717) is 6.42 Å². The van der Waals surface area contributed by atoms with Gasteiger partial charge in [-0.05, 0) is 49.3 Å². The Morgan fingerprint density at radius 3 is 2.32 bits per heavy atom. The first-order chi connectivity index (χ1) is 17.6. The summed E-state index contributed by atoms with van der Waals surface area (Å²) >= 11 is 0. The van der Waals surface area contributed by atoms with Crippen molar-refractivity contribution in [2.24, 2.45) is 11.8 Å². The number of amides is 3. The van der Waals surface area contributed by atoms with E-state index in [1.807, 2.05) is 52.0 Å². The van der Waals surface area contributed by atoms with Crippen molar-refractivity contribution in [2.75, 3.05) is 6.54 Å². The zero-order chi connectivity index (χ0) is 27.1. The van der Waals surface area contributed by atoms with Crippen molar-refractivity contribution in [3.05, 3.63) is 36.0 Å². The second-order valence-electron chi connectivity index (χ2n) is 10.5. The van der Waals surface area contributed by atoms with E-state index in [4.69, 9.17) is 0 Å². The largest absolute Gasteiger partial charge is 0.480 e. The number of aliphatic carboxylic acids is 1. The lowest BCUT2D eigenvalue weighted by Gasteiger charge is -2.27. The van der Waals surface area contributed by atoms with Gasteiger partial charge in [0.15, 0.2) is 0 Å². The van der Waals surface area contributed by atoms with Crippen molar-refractivity contribution in [1.29, 1.82) is 0 Å². The number of para-hydroxylation sites is 1. The van der Waals surface area contributed by atoms with Crippen LogP contribution >= 0.6 is 0 Å². The van der Waals surface area contributed by atoms with Gasteiger partial charge in [0.25, 0.3) is 0 Å². The maximum absolute atomic E-state index is 13.4. The number of hydrogen-bond acceptors (Lipinski definition) is 5. The van der Waals surface area contributed by atoms with Crippen LogP contribution in [0.2, 0.25) is 0 Å². The lowest BCUT2D eigenvalue weighted by Crippen LogP contribution is -2.58. The van der Waals surface area contributed by atoms with E-state index < -0.39 is 35.9 Å². The second-order valence-corrected chi connectivity index (χ2v) is 10.5. The first kappa shape index (κ1) is 28.2. The molecular weight excluding hydrogens is 474 g/mol. The number of benzene rings is 1.